The van der Waals surface area contributed by atoms with E-state index >= 15 is 0 Å². The van der Waals surface area contributed by atoms with Crippen molar-refractivity contribution < 1.29 is 9.59 Å². The Balaban J connectivity index is 0.000000251. The minimum atomic E-state index is 0.112. The summed E-state index contributed by atoms with van der Waals surface area (Å²) in [5, 5.41) is 5.85. The molecule has 146 valence electrons. The number of amides is 4. The van der Waals surface area contributed by atoms with Crippen LogP contribution in [0.1, 0.15) is 59.8 Å². The quantitative estimate of drug-likeness (QED) is 0.814. The zero-order chi connectivity index (χ0) is 18.7. The van der Waals surface area contributed by atoms with Crippen LogP contribution in [0.5, 0.6) is 0 Å². The number of carbonyl (C=O) groups is 2. The topological polar surface area (TPSA) is 64.7 Å². The summed E-state index contributed by atoms with van der Waals surface area (Å²) in [6, 6.07) is 0.231. The number of hydrogen-bond acceptors (Lipinski definition) is 2. The van der Waals surface area contributed by atoms with E-state index in [0.29, 0.717) is 11.8 Å². The van der Waals surface area contributed by atoms with Crippen LogP contribution in [-0.2, 0) is 0 Å². The number of nitrogens with zero attached hydrogens (tertiary/aromatic N) is 2. The largest absolute Gasteiger partial charge is 0.338 e. The Labute approximate surface area is 153 Å². The molecule has 0 aromatic rings. The van der Waals surface area contributed by atoms with Crippen molar-refractivity contribution in [1.29, 1.82) is 0 Å². The number of hydrogen-bond donors (Lipinski definition) is 2. The Bertz CT molecular complexity index is 387. The number of likely N-dealkylation sites (tertiary alicyclic amines) is 2. The molecule has 0 unspecified atom stereocenters. The third-order valence-electron chi connectivity index (χ3n) is 4.36. The van der Waals surface area contributed by atoms with Gasteiger partial charge in [-0.2, -0.15) is 0 Å². The van der Waals surface area contributed by atoms with Crippen molar-refractivity contribution in [2.45, 2.75) is 59.8 Å². The van der Waals surface area contributed by atoms with Crippen molar-refractivity contribution in [3.05, 3.63) is 0 Å². The molecule has 0 aromatic carbocycles. The van der Waals surface area contributed by atoms with Crippen molar-refractivity contribution >= 4 is 12.1 Å². The first-order valence-corrected chi connectivity index (χ1v) is 9.95. The van der Waals surface area contributed by atoms with E-state index in [2.05, 4.69) is 38.3 Å². The van der Waals surface area contributed by atoms with Crippen molar-refractivity contribution in [3.8, 4) is 0 Å². The van der Waals surface area contributed by atoms with E-state index in [-0.39, 0.29) is 12.1 Å². The number of piperidine rings is 1. The number of urea groups is 2. The van der Waals surface area contributed by atoms with Gasteiger partial charge in [0, 0.05) is 39.3 Å². The molecule has 0 aromatic heterocycles. The third-order valence-corrected chi connectivity index (χ3v) is 4.36. The maximum atomic E-state index is 11.5. The van der Waals surface area contributed by atoms with Gasteiger partial charge in [-0.25, -0.2) is 9.59 Å². The van der Waals surface area contributed by atoms with E-state index in [1.54, 1.807) is 0 Å². The Kier molecular flexibility index (Phi) is 10.3. The molecule has 2 rings (SSSR count). The van der Waals surface area contributed by atoms with Crippen molar-refractivity contribution in [2.75, 3.05) is 39.3 Å². The SMILES string of the molecule is CC(C)CNC(=O)N1CCCC1.CC(C)CNC(=O)N1CCCCC1. The van der Waals surface area contributed by atoms with Gasteiger partial charge in [-0.1, -0.05) is 27.7 Å². The predicted molar refractivity (Wildman–Crippen MR) is 103 cm³/mol. The summed E-state index contributed by atoms with van der Waals surface area (Å²) in [5.74, 6) is 1.07. The van der Waals surface area contributed by atoms with Gasteiger partial charge in [0.1, 0.15) is 0 Å². The van der Waals surface area contributed by atoms with Crippen LogP contribution >= 0.6 is 0 Å². The summed E-state index contributed by atoms with van der Waals surface area (Å²) in [4.78, 5) is 26.7. The molecular formula is C19H38N4O2. The summed E-state index contributed by atoms with van der Waals surface area (Å²) < 4.78 is 0. The maximum Gasteiger partial charge on any atom is 0.317 e. The second-order valence-corrected chi connectivity index (χ2v) is 7.90. The molecule has 25 heavy (non-hydrogen) atoms. The Hall–Kier alpha value is -1.46. The zero-order valence-electron chi connectivity index (χ0n) is 16.6. The molecule has 0 spiro atoms. The fraction of sp³-hybridized carbons (Fsp3) is 0.895. The highest BCUT2D eigenvalue weighted by molar-refractivity contribution is 5.74. The summed E-state index contributed by atoms with van der Waals surface area (Å²) in [5.41, 5.74) is 0. The van der Waals surface area contributed by atoms with E-state index in [0.717, 1.165) is 65.0 Å². The lowest BCUT2D eigenvalue weighted by Crippen LogP contribution is -2.43. The van der Waals surface area contributed by atoms with Gasteiger partial charge in [-0.05, 0) is 43.9 Å². The molecule has 6 nitrogen and oxygen atoms in total. The molecule has 0 atom stereocenters. The van der Waals surface area contributed by atoms with Crippen LogP contribution in [0, 0.1) is 11.8 Å². The lowest BCUT2D eigenvalue weighted by molar-refractivity contribution is 0.185. The van der Waals surface area contributed by atoms with Gasteiger partial charge in [0.25, 0.3) is 0 Å². The van der Waals surface area contributed by atoms with E-state index in [1.807, 2.05) is 9.80 Å². The first-order chi connectivity index (χ1) is 11.9. The molecule has 2 fully saturated rings. The molecule has 2 saturated heterocycles. The van der Waals surface area contributed by atoms with Gasteiger partial charge < -0.3 is 20.4 Å². The molecule has 0 saturated carbocycles. The maximum absolute atomic E-state index is 11.5. The highest BCUT2D eigenvalue weighted by Gasteiger charge is 2.17. The van der Waals surface area contributed by atoms with E-state index in [4.69, 9.17) is 0 Å². The number of rotatable bonds is 4. The van der Waals surface area contributed by atoms with Gasteiger partial charge in [0.2, 0.25) is 0 Å². The lowest BCUT2D eigenvalue weighted by atomic mass is 10.1. The molecule has 4 amide bonds. The Morgan fingerprint density at radius 3 is 1.32 bits per heavy atom. The Morgan fingerprint density at radius 1 is 0.680 bits per heavy atom. The van der Waals surface area contributed by atoms with Gasteiger partial charge in [0.05, 0.1) is 0 Å². The van der Waals surface area contributed by atoms with Crippen LogP contribution in [0.3, 0.4) is 0 Å². The average Bonchev–Trinajstić information content (AvgIpc) is 3.13. The summed E-state index contributed by atoms with van der Waals surface area (Å²) >= 11 is 0. The average molecular weight is 355 g/mol. The monoisotopic (exact) mass is 354 g/mol. The molecule has 6 heteroatoms. The number of carbonyl (C=O) groups excluding carboxylic acids is 2. The second-order valence-electron chi connectivity index (χ2n) is 7.90. The molecule has 2 aliphatic rings. The summed E-state index contributed by atoms with van der Waals surface area (Å²) in [7, 11) is 0. The fourth-order valence-electron chi connectivity index (χ4n) is 2.82. The smallest absolute Gasteiger partial charge is 0.317 e. The van der Waals surface area contributed by atoms with Gasteiger partial charge in [-0.3, -0.25) is 0 Å². The molecular weight excluding hydrogens is 316 g/mol. The predicted octanol–water partition coefficient (Wildman–Crippen LogP) is 3.29. The molecule has 0 aliphatic carbocycles. The third kappa shape index (κ3) is 9.56. The molecule has 0 radical (unpaired) electrons. The molecule has 0 bridgehead atoms. The summed E-state index contributed by atoms with van der Waals surface area (Å²) in [6.07, 6.45) is 5.92. The molecule has 2 N–H and O–H groups in total. The standard InChI is InChI=1S/C10H20N2O.C9H18N2O/c1-9(2)8-11-10(13)12-6-4-3-5-7-12;1-8(2)7-10-9(12)11-5-3-4-6-11/h9H,3-8H2,1-2H3,(H,11,13);8H,3-7H2,1-2H3,(H,10,12). The molecule has 2 aliphatic heterocycles. The highest BCUT2D eigenvalue weighted by Crippen LogP contribution is 2.08. The first kappa shape index (κ1) is 21.6. The van der Waals surface area contributed by atoms with E-state index < -0.39 is 0 Å². The normalized spacial score (nSPS) is 17.4. The highest BCUT2D eigenvalue weighted by atomic mass is 16.2. The van der Waals surface area contributed by atoms with Gasteiger partial charge in [-0.15, -0.1) is 0 Å². The molecule has 2 heterocycles. The minimum Gasteiger partial charge on any atom is -0.338 e. The van der Waals surface area contributed by atoms with E-state index in [9.17, 15) is 9.59 Å². The summed E-state index contributed by atoms with van der Waals surface area (Å²) in [6.45, 7) is 13.7. The Morgan fingerprint density at radius 2 is 1.00 bits per heavy atom. The fourth-order valence-corrected chi connectivity index (χ4v) is 2.82. The van der Waals surface area contributed by atoms with Crippen LogP contribution in [0.4, 0.5) is 9.59 Å². The van der Waals surface area contributed by atoms with Crippen molar-refractivity contribution in [1.82, 2.24) is 20.4 Å². The van der Waals surface area contributed by atoms with E-state index in [1.165, 1.54) is 6.42 Å². The lowest BCUT2D eigenvalue weighted by Gasteiger charge is -2.27. The second kappa shape index (κ2) is 12.0. The van der Waals surface area contributed by atoms with Crippen LogP contribution in [0.15, 0.2) is 0 Å². The minimum absolute atomic E-state index is 0.112. The number of nitrogens with one attached hydrogen (secondary N) is 2. The van der Waals surface area contributed by atoms with Crippen LogP contribution in [0.2, 0.25) is 0 Å². The van der Waals surface area contributed by atoms with Crippen LogP contribution in [0.25, 0.3) is 0 Å². The van der Waals surface area contributed by atoms with Crippen molar-refractivity contribution in [3.63, 3.8) is 0 Å². The van der Waals surface area contributed by atoms with Crippen molar-refractivity contribution in [2.24, 2.45) is 11.8 Å². The van der Waals surface area contributed by atoms with Gasteiger partial charge >= 0.3 is 12.1 Å². The van der Waals surface area contributed by atoms with Crippen LogP contribution < -0.4 is 10.6 Å². The first-order valence-electron chi connectivity index (χ1n) is 9.95. The van der Waals surface area contributed by atoms with Gasteiger partial charge in [0.15, 0.2) is 0 Å². The van der Waals surface area contributed by atoms with Crippen LogP contribution in [-0.4, -0.2) is 61.1 Å². The zero-order valence-corrected chi connectivity index (χ0v) is 16.6.